The zero-order chi connectivity index (χ0) is 12.9. The summed E-state index contributed by atoms with van der Waals surface area (Å²) in [6.07, 6.45) is 0.211. The van der Waals surface area contributed by atoms with Gasteiger partial charge in [-0.05, 0) is 36.6 Å². The van der Waals surface area contributed by atoms with Gasteiger partial charge in [0.05, 0.1) is 0 Å². The normalized spacial score (nSPS) is 27.7. The van der Waals surface area contributed by atoms with E-state index in [0.29, 0.717) is 12.0 Å². The molecule has 0 aromatic carbocycles. The minimum atomic E-state index is -4.36. The van der Waals surface area contributed by atoms with Gasteiger partial charge in [0.1, 0.15) is 5.69 Å². The number of pyridine rings is 1. The van der Waals surface area contributed by atoms with E-state index in [0.717, 1.165) is 30.2 Å². The summed E-state index contributed by atoms with van der Waals surface area (Å²) in [5.41, 5.74) is 1.15. The lowest BCUT2D eigenvalue weighted by atomic mass is 9.96. The highest BCUT2D eigenvalue weighted by Gasteiger charge is 2.37. The molecule has 2 heterocycles. The molecule has 2 unspecified atom stereocenters. The zero-order valence-electron chi connectivity index (χ0n) is 9.91. The molecule has 1 aromatic heterocycles. The molecule has 1 aromatic rings. The van der Waals surface area contributed by atoms with Gasteiger partial charge in [0.25, 0.3) is 0 Å². The highest BCUT2D eigenvalue weighted by atomic mass is 19.4. The van der Waals surface area contributed by atoms with Crippen LogP contribution in [-0.4, -0.2) is 29.5 Å². The van der Waals surface area contributed by atoms with Gasteiger partial charge in [0, 0.05) is 18.8 Å². The van der Waals surface area contributed by atoms with Gasteiger partial charge in [-0.2, -0.15) is 13.2 Å². The molecule has 0 saturated carbocycles. The molecule has 0 spiro atoms. The van der Waals surface area contributed by atoms with Crippen molar-refractivity contribution in [1.82, 2.24) is 9.88 Å². The molecule has 2 atom stereocenters. The van der Waals surface area contributed by atoms with E-state index in [1.807, 2.05) is 0 Å². The van der Waals surface area contributed by atoms with Crippen LogP contribution in [0.4, 0.5) is 13.2 Å². The first-order chi connectivity index (χ1) is 8.45. The Morgan fingerprint density at radius 1 is 1.33 bits per heavy atom. The summed E-state index contributed by atoms with van der Waals surface area (Å²) >= 11 is 0. The first-order valence-corrected chi connectivity index (χ1v) is 5.91. The molecule has 3 rings (SSSR count). The first-order valence-electron chi connectivity index (χ1n) is 5.91. The fourth-order valence-corrected chi connectivity index (χ4v) is 2.86. The van der Waals surface area contributed by atoms with Crippen molar-refractivity contribution in [2.75, 3.05) is 13.6 Å². The summed E-state index contributed by atoms with van der Waals surface area (Å²) < 4.78 is 37.2. The molecule has 5 heteroatoms. The van der Waals surface area contributed by atoms with Crippen LogP contribution < -0.4 is 0 Å². The number of likely N-dealkylation sites (N-methyl/N-ethyl adjacent to an activating group) is 1. The minimum Gasteiger partial charge on any atom is -0.299 e. The standard InChI is InChI=1S/C13H13F3N2/c1-18-7-9-4-10(18)5-11(9)8-2-3-12(17-6-8)13(14,15)16/h2-3,5-6,9-10H,4,7H2,1H3. The van der Waals surface area contributed by atoms with Crippen molar-refractivity contribution in [3.8, 4) is 0 Å². The summed E-state index contributed by atoms with van der Waals surface area (Å²) in [5, 5.41) is 0. The molecular formula is C13H13F3N2. The van der Waals surface area contributed by atoms with Crippen molar-refractivity contribution in [1.29, 1.82) is 0 Å². The van der Waals surface area contributed by atoms with Crippen molar-refractivity contribution in [3.63, 3.8) is 0 Å². The molecule has 1 saturated heterocycles. The van der Waals surface area contributed by atoms with Crippen LogP contribution in [0.25, 0.3) is 5.57 Å². The fraction of sp³-hybridized carbons (Fsp3) is 0.462. The summed E-state index contributed by atoms with van der Waals surface area (Å²) in [5.74, 6) is 0.443. The lowest BCUT2D eigenvalue weighted by Gasteiger charge is -2.21. The van der Waals surface area contributed by atoms with Crippen LogP contribution in [-0.2, 0) is 6.18 Å². The minimum absolute atomic E-state index is 0.437. The Kier molecular flexibility index (Phi) is 2.48. The van der Waals surface area contributed by atoms with E-state index in [-0.39, 0.29) is 0 Å². The van der Waals surface area contributed by atoms with E-state index < -0.39 is 11.9 Å². The molecule has 2 aliphatic rings. The van der Waals surface area contributed by atoms with E-state index in [9.17, 15) is 13.2 Å². The summed E-state index contributed by atoms with van der Waals surface area (Å²) in [6.45, 7) is 0.984. The molecule has 18 heavy (non-hydrogen) atoms. The molecule has 1 aliphatic carbocycles. The van der Waals surface area contributed by atoms with Crippen molar-refractivity contribution in [3.05, 3.63) is 35.7 Å². The zero-order valence-corrected chi connectivity index (χ0v) is 9.91. The number of rotatable bonds is 1. The van der Waals surface area contributed by atoms with Crippen molar-refractivity contribution < 1.29 is 13.2 Å². The number of nitrogens with zero attached hydrogens (tertiary/aromatic N) is 2. The van der Waals surface area contributed by atoms with E-state index in [4.69, 9.17) is 0 Å². The quantitative estimate of drug-likeness (QED) is 0.766. The van der Waals surface area contributed by atoms with Crippen LogP contribution in [0.2, 0.25) is 0 Å². The number of fused-ring (bicyclic) bond motifs is 2. The molecule has 0 amide bonds. The van der Waals surface area contributed by atoms with Gasteiger partial charge in [-0.1, -0.05) is 12.1 Å². The Balaban J connectivity index is 1.87. The first kappa shape index (κ1) is 11.7. The van der Waals surface area contributed by atoms with Gasteiger partial charge in [0.2, 0.25) is 0 Å². The van der Waals surface area contributed by atoms with E-state index >= 15 is 0 Å². The third-order valence-electron chi connectivity index (χ3n) is 3.80. The van der Waals surface area contributed by atoms with Crippen molar-refractivity contribution in [2.24, 2.45) is 5.92 Å². The van der Waals surface area contributed by atoms with Gasteiger partial charge in [-0.15, -0.1) is 0 Å². The van der Waals surface area contributed by atoms with E-state index in [2.05, 4.69) is 23.0 Å². The third-order valence-corrected chi connectivity index (χ3v) is 3.80. The van der Waals surface area contributed by atoms with Gasteiger partial charge in [-0.3, -0.25) is 9.88 Å². The average Bonchev–Trinajstić information content (AvgIpc) is 2.86. The highest BCUT2D eigenvalue weighted by Crippen LogP contribution is 2.41. The number of hydrogen-bond donors (Lipinski definition) is 0. The van der Waals surface area contributed by atoms with Crippen LogP contribution in [0.3, 0.4) is 0 Å². The summed E-state index contributed by atoms with van der Waals surface area (Å²) in [6, 6.07) is 3.03. The maximum absolute atomic E-state index is 12.4. The van der Waals surface area contributed by atoms with Gasteiger partial charge < -0.3 is 0 Å². The van der Waals surface area contributed by atoms with Crippen molar-refractivity contribution >= 4 is 5.57 Å². The average molecular weight is 254 g/mol. The van der Waals surface area contributed by atoms with Crippen molar-refractivity contribution in [2.45, 2.75) is 18.6 Å². The number of aromatic nitrogens is 1. The second-order valence-electron chi connectivity index (χ2n) is 4.99. The topological polar surface area (TPSA) is 16.1 Å². The number of alkyl halides is 3. The van der Waals surface area contributed by atoms with Crippen LogP contribution in [0.15, 0.2) is 24.4 Å². The van der Waals surface area contributed by atoms with Gasteiger partial charge in [0.15, 0.2) is 0 Å². The van der Waals surface area contributed by atoms with Crippen LogP contribution in [0.5, 0.6) is 0 Å². The number of hydrogen-bond acceptors (Lipinski definition) is 2. The van der Waals surface area contributed by atoms with E-state index in [1.54, 1.807) is 0 Å². The number of halogens is 3. The number of likely N-dealkylation sites (tertiary alicyclic amines) is 1. The molecule has 0 N–H and O–H groups in total. The lowest BCUT2D eigenvalue weighted by Crippen LogP contribution is -2.25. The Bertz CT molecular complexity index is 490. The SMILES string of the molecule is CN1CC2CC1C=C2c1ccc(C(F)(F)F)nc1. The molecule has 1 fully saturated rings. The largest absolute Gasteiger partial charge is 0.433 e. The maximum Gasteiger partial charge on any atom is 0.433 e. The van der Waals surface area contributed by atoms with Crippen LogP contribution >= 0.6 is 0 Å². The van der Waals surface area contributed by atoms with E-state index in [1.165, 1.54) is 12.3 Å². The molecule has 2 nitrogen and oxygen atoms in total. The smallest absolute Gasteiger partial charge is 0.299 e. The van der Waals surface area contributed by atoms with Crippen LogP contribution in [0.1, 0.15) is 17.7 Å². The van der Waals surface area contributed by atoms with Gasteiger partial charge in [-0.25, -0.2) is 0 Å². The van der Waals surface area contributed by atoms with Gasteiger partial charge >= 0.3 is 6.18 Å². The predicted octanol–water partition coefficient (Wildman–Crippen LogP) is 2.82. The monoisotopic (exact) mass is 254 g/mol. The van der Waals surface area contributed by atoms with Crippen LogP contribution in [0, 0.1) is 5.92 Å². The Morgan fingerprint density at radius 3 is 2.56 bits per heavy atom. The predicted molar refractivity (Wildman–Crippen MR) is 61.7 cm³/mol. The maximum atomic E-state index is 12.4. The molecule has 0 radical (unpaired) electrons. The molecule has 1 aliphatic heterocycles. The summed E-state index contributed by atoms with van der Waals surface area (Å²) in [7, 11) is 2.07. The Morgan fingerprint density at radius 2 is 2.11 bits per heavy atom. The fourth-order valence-electron chi connectivity index (χ4n) is 2.86. The lowest BCUT2D eigenvalue weighted by molar-refractivity contribution is -0.141. The molecular weight excluding hydrogens is 241 g/mol. The third kappa shape index (κ3) is 1.82. The highest BCUT2D eigenvalue weighted by molar-refractivity contribution is 5.71. The molecule has 96 valence electrons. The Hall–Kier alpha value is -1.36. The second-order valence-corrected chi connectivity index (χ2v) is 4.99. The summed E-state index contributed by atoms with van der Waals surface area (Å²) in [4.78, 5) is 5.79. The second kappa shape index (κ2) is 3.82. The molecule has 2 bridgehead atoms. The Labute approximate surface area is 103 Å².